The molecule has 3 aromatic carbocycles. The zero-order chi connectivity index (χ0) is 23.1. The highest BCUT2D eigenvalue weighted by molar-refractivity contribution is 14.1. The Balaban J connectivity index is 2.00. The molecule has 0 unspecified atom stereocenters. The minimum atomic E-state index is -0.421. The SMILES string of the molecule is CCOC(=O)n1c2ccc(C)cc2c2c(-c3ccc(Br)cc3)c(I)c(-c3ccccc3)nc21. The Morgan fingerprint density at radius 2 is 1.76 bits per heavy atom. The number of fused-ring (bicyclic) bond motifs is 3. The normalized spacial score (nSPS) is 11.3. The van der Waals surface area contributed by atoms with Crippen molar-refractivity contribution in [1.29, 1.82) is 0 Å². The lowest BCUT2D eigenvalue weighted by Gasteiger charge is -2.14. The monoisotopic (exact) mass is 610 g/mol. The summed E-state index contributed by atoms with van der Waals surface area (Å²) in [6.07, 6.45) is -0.421. The van der Waals surface area contributed by atoms with Crippen molar-refractivity contribution in [2.24, 2.45) is 0 Å². The summed E-state index contributed by atoms with van der Waals surface area (Å²) in [6, 6.07) is 24.5. The Hall–Kier alpha value is -2.71. The molecule has 0 saturated carbocycles. The Morgan fingerprint density at radius 3 is 2.45 bits per heavy atom. The molecule has 5 rings (SSSR count). The van der Waals surface area contributed by atoms with Crippen LogP contribution in [0.4, 0.5) is 4.79 Å². The summed E-state index contributed by atoms with van der Waals surface area (Å²) in [7, 11) is 0. The van der Waals surface area contributed by atoms with Crippen LogP contribution in [-0.4, -0.2) is 22.3 Å². The summed E-state index contributed by atoms with van der Waals surface area (Å²) in [5, 5.41) is 1.94. The number of nitrogens with zero attached hydrogens (tertiary/aromatic N) is 2. The van der Waals surface area contributed by atoms with E-state index in [1.54, 1.807) is 4.57 Å². The van der Waals surface area contributed by atoms with Crippen molar-refractivity contribution in [3.05, 3.63) is 86.4 Å². The summed E-state index contributed by atoms with van der Waals surface area (Å²) in [4.78, 5) is 18.2. The van der Waals surface area contributed by atoms with E-state index in [2.05, 4.69) is 63.6 Å². The van der Waals surface area contributed by atoms with Gasteiger partial charge in [-0.2, -0.15) is 0 Å². The number of carbonyl (C=O) groups is 1. The van der Waals surface area contributed by atoms with Crippen LogP contribution in [0.15, 0.2) is 77.3 Å². The van der Waals surface area contributed by atoms with Crippen LogP contribution < -0.4 is 0 Å². The van der Waals surface area contributed by atoms with Gasteiger partial charge in [-0.25, -0.2) is 14.3 Å². The van der Waals surface area contributed by atoms with Crippen LogP contribution in [-0.2, 0) is 4.74 Å². The van der Waals surface area contributed by atoms with E-state index in [4.69, 9.17) is 9.72 Å². The fourth-order valence-electron chi connectivity index (χ4n) is 4.17. The number of hydrogen-bond donors (Lipinski definition) is 0. The molecular weight excluding hydrogens is 591 g/mol. The van der Waals surface area contributed by atoms with Crippen molar-refractivity contribution in [2.75, 3.05) is 6.61 Å². The topological polar surface area (TPSA) is 44.1 Å². The first-order valence-electron chi connectivity index (χ1n) is 10.6. The number of hydrogen-bond acceptors (Lipinski definition) is 3. The van der Waals surface area contributed by atoms with E-state index in [1.165, 1.54) is 0 Å². The molecule has 0 spiro atoms. The lowest BCUT2D eigenvalue weighted by atomic mass is 9.98. The molecule has 164 valence electrons. The third kappa shape index (κ3) is 3.85. The fraction of sp³-hybridized carbons (Fsp3) is 0.111. The summed E-state index contributed by atoms with van der Waals surface area (Å²) in [5.74, 6) is 0. The van der Waals surface area contributed by atoms with Gasteiger partial charge in [0.05, 0.1) is 17.8 Å². The second-order valence-electron chi connectivity index (χ2n) is 7.78. The molecule has 2 aromatic heterocycles. The first-order chi connectivity index (χ1) is 16.0. The number of pyridine rings is 1. The molecule has 0 atom stereocenters. The summed E-state index contributed by atoms with van der Waals surface area (Å²) < 4.78 is 9.11. The van der Waals surface area contributed by atoms with E-state index < -0.39 is 6.09 Å². The second kappa shape index (κ2) is 8.91. The number of ether oxygens (including phenoxy) is 1. The Labute approximate surface area is 213 Å². The van der Waals surface area contributed by atoms with Gasteiger partial charge in [0.25, 0.3) is 0 Å². The minimum absolute atomic E-state index is 0.293. The molecule has 0 aliphatic carbocycles. The van der Waals surface area contributed by atoms with Gasteiger partial charge in [0.2, 0.25) is 0 Å². The highest BCUT2D eigenvalue weighted by Crippen LogP contribution is 2.42. The van der Waals surface area contributed by atoms with Gasteiger partial charge in [0, 0.05) is 29.9 Å². The molecule has 0 saturated heterocycles. The van der Waals surface area contributed by atoms with Crippen LogP contribution in [0.1, 0.15) is 12.5 Å². The molecule has 0 fully saturated rings. The van der Waals surface area contributed by atoms with Gasteiger partial charge >= 0.3 is 6.09 Å². The number of aryl methyl sites for hydroxylation is 1. The third-order valence-electron chi connectivity index (χ3n) is 5.62. The van der Waals surface area contributed by atoms with E-state index in [1.807, 2.05) is 61.5 Å². The van der Waals surface area contributed by atoms with Crippen molar-refractivity contribution in [3.63, 3.8) is 0 Å². The average molecular weight is 611 g/mol. The van der Waals surface area contributed by atoms with Gasteiger partial charge in [-0.1, -0.05) is 70.0 Å². The van der Waals surface area contributed by atoms with Crippen molar-refractivity contribution in [1.82, 2.24) is 9.55 Å². The molecule has 0 radical (unpaired) electrons. The van der Waals surface area contributed by atoms with Crippen LogP contribution >= 0.6 is 38.5 Å². The summed E-state index contributed by atoms with van der Waals surface area (Å²) in [5.41, 5.74) is 6.48. The Kier molecular flexibility index (Phi) is 5.97. The standard InChI is InChI=1S/C27H20BrIN2O2/c1-3-33-27(32)31-21-14-9-16(2)15-20(21)23-22(17-10-12-19(28)13-11-17)24(29)25(30-26(23)31)18-7-5-4-6-8-18/h4-15H,3H2,1-2H3. The molecule has 0 bridgehead atoms. The zero-order valence-electron chi connectivity index (χ0n) is 18.1. The van der Waals surface area contributed by atoms with Gasteiger partial charge in [-0.05, 0) is 66.3 Å². The molecule has 2 heterocycles. The van der Waals surface area contributed by atoms with Crippen LogP contribution in [0.5, 0.6) is 0 Å². The predicted molar refractivity (Wildman–Crippen MR) is 146 cm³/mol. The lowest BCUT2D eigenvalue weighted by molar-refractivity contribution is 0.156. The molecule has 5 aromatic rings. The maximum absolute atomic E-state index is 13.1. The van der Waals surface area contributed by atoms with Crippen LogP contribution in [0.25, 0.3) is 44.3 Å². The average Bonchev–Trinajstić information content (AvgIpc) is 3.13. The van der Waals surface area contributed by atoms with E-state index in [0.717, 1.165) is 52.3 Å². The quantitative estimate of drug-likeness (QED) is 0.193. The Bertz CT molecular complexity index is 1510. The van der Waals surface area contributed by atoms with Crippen molar-refractivity contribution < 1.29 is 9.53 Å². The molecule has 33 heavy (non-hydrogen) atoms. The summed E-state index contributed by atoms with van der Waals surface area (Å²) >= 11 is 5.94. The predicted octanol–water partition coefficient (Wildman–Crippen LogP) is 8.20. The van der Waals surface area contributed by atoms with E-state index in [0.29, 0.717) is 12.3 Å². The maximum atomic E-state index is 13.1. The van der Waals surface area contributed by atoms with Crippen LogP contribution in [0.3, 0.4) is 0 Å². The van der Waals surface area contributed by atoms with Gasteiger partial charge in [-0.15, -0.1) is 0 Å². The maximum Gasteiger partial charge on any atom is 0.420 e. The van der Waals surface area contributed by atoms with Crippen LogP contribution in [0.2, 0.25) is 0 Å². The fourth-order valence-corrected chi connectivity index (χ4v) is 5.45. The van der Waals surface area contributed by atoms with Gasteiger partial charge < -0.3 is 4.74 Å². The zero-order valence-corrected chi connectivity index (χ0v) is 21.8. The number of rotatable bonds is 3. The van der Waals surface area contributed by atoms with E-state index in [-0.39, 0.29) is 0 Å². The van der Waals surface area contributed by atoms with E-state index >= 15 is 0 Å². The molecule has 0 N–H and O–H groups in total. The van der Waals surface area contributed by atoms with Gasteiger partial charge in [-0.3, -0.25) is 0 Å². The van der Waals surface area contributed by atoms with Crippen molar-refractivity contribution in [3.8, 4) is 22.4 Å². The van der Waals surface area contributed by atoms with E-state index in [9.17, 15) is 4.79 Å². The Morgan fingerprint density at radius 1 is 1.03 bits per heavy atom. The van der Waals surface area contributed by atoms with Crippen molar-refractivity contribution in [2.45, 2.75) is 13.8 Å². The number of benzene rings is 3. The highest BCUT2D eigenvalue weighted by Gasteiger charge is 2.25. The molecule has 4 nitrogen and oxygen atoms in total. The molecule has 0 aliphatic heterocycles. The number of carbonyl (C=O) groups excluding carboxylic acids is 1. The number of aromatic nitrogens is 2. The second-order valence-corrected chi connectivity index (χ2v) is 9.77. The van der Waals surface area contributed by atoms with Crippen molar-refractivity contribution >= 4 is 66.6 Å². The molecular formula is C27H20BrIN2O2. The first kappa shape index (κ1) is 22.1. The molecule has 6 heteroatoms. The first-order valence-corrected chi connectivity index (χ1v) is 12.5. The highest BCUT2D eigenvalue weighted by atomic mass is 127. The van der Waals surface area contributed by atoms with Gasteiger partial charge in [0.1, 0.15) is 0 Å². The largest absolute Gasteiger partial charge is 0.449 e. The van der Waals surface area contributed by atoms with Gasteiger partial charge in [0.15, 0.2) is 5.65 Å². The third-order valence-corrected chi connectivity index (χ3v) is 7.20. The lowest BCUT2D eigenvalue weighted by Crippen LogP contribution is -2.14. The van der Waals surface area contributed by atoms with Crippen LogP contribution in [0, 0.1) is 10.5 Å². The molecule has 0 amide bonds. The minimum Gasteiger partial charge on any atom is -0.449 e. The number of halogens is 2. The molecule has 0 aliphatic rings. The smallest absolute Gasteiger partial charge is 0.420 e. The summed E-state index contributed by atoms with van der Waals surface area (Å²) in [6.45, 7) is 4.17.